The van der Waals surface area contributed by atoms with Crippen LogP contribution in [0.3, 0.4) is 0 Å². The third kappa shape index (κ3) is 5.61. The lowest BCUT2D eigenvalue weighted by molar-refractivity contribution is -0.137. The molecule has 0 heterocycles. The molecule has 114 valence electrons. The van der Waals surface area contributed by atoms with Crippen molar-refractivity contribution in [1.29, 1.82) is 0 Å². The van der Waals surface area contributed by atoms with E-state index >= 15 is 0 Å². The molecule has 0 aliphatic heterocycles. The Hall–Kier alpha value is -1.56. The smallest absolute Gasteiger partial charge is 0.323 e. The maximum Gasteiger partial charge on any atom is 0.323 e. The van der Waals surface area contributed by atoms with E-state index in [4.69, 9.17) is 5.11 Å². The SMILES string of the molecule is C=CCN(CC(=O)O)C(=O)NCCN(C)C1CCCC1. The van der Waals surface area contributed by atoms with Crippen LogP contribution >= 0.6 is 0 Å². The van der Waals surface area contributed by atoms with Gasteiger partial charge in [0.15, 0.2) is 0 Å². The van der Waals surface area contributed by atoms with Crippen molar-refractivity contribution in [2.24, 2.45) is 0 Å². The molecule has 0 bridgehead atoms. The fourth-order valence-electron chi connectivity index (χ4n) is 2.52. The molecule has 1 aliphatic rings. The van der Waals surface area contributed by atoms with Crippen LogP contribution in [0.2, 0.25) is 0 Å². The Balaban J connectivity index is 2.28. The summed E-state index contributed by atoms with van der Waals surface area (Å²) in [7, 11) is 2.07. The molecular weight excluding hydrogens is 258 g/mol. The third-order valence-corrected chi connectivity index (χ3v) is 3.65. The number of hydrogen-bond acceptors (Lipinski definition) is 3. The average molecular weight is 283 g/mol. The van der Waals surface area contributed by atoms with E-state index in [9.17, 15) is 9.59 Å². The van der Waals surface area contributed by atoms with Gasteiger partial charge in [-0.1, -0.05) is 18.9 Å². The lowest BCUT2D eigenvalue weighted by atomic mass is 10.2. The second-order valence-electron chi connectivity index (χ2n) is 5.21. The van der Waals surface area contributed by atoms with Gasteiger partial charge in [0.05, 0.1) is 0 Å². The predicted octanol–water partition coefficient (Wildman–Crippen LogP) is 1.14. The van der Waals surface area contributed by atoms with E-state index in [1.54, 1.807) is 0 Å². The number of carboxylic acid groups (broad SMARTS) is 1. The van der Waals surface area contributed by atoms with Gasteiger partial charge < -0.3 is 20.2 Å². The van der Waals surface area contributed by atoms with Crippen molar-refractivity contribution in [2.75, 3.05) is 33.2 Å². The Bertz CT molecular complexity index is 341. The summed E-state index contributed by atoms with van der Waals surface area (Å²) in [5.41, 5.74) is 0. The molecule has 2 N–H and O–H groups in total. The maximum atomic E-state index is 11.9. The summed E-state index contributed by atoms with van der Waals surface area (Å²) in [6.45, 7) is 4.76. The van der Waals surface area contributed by atoms with Gasteiger partial charge in [-0.25, -0.2) is 4.79 Å². The number of nitrogens with zero attached hydrogens (tertiary/aromatic N) is 2. The Morgan fingerprint density at radius 2 is 2.05 bits per heavy atom. The molecule has 0 radical (unpaired) electrons. The highest BCUT2D eigenvalue weighted by molar-refractivity contribution is 5.80. The molecule has 0 atom stereocenters. The number of carbonyl (C=O) groups excluding carboxylic acids is 1. The minimum atomic E-state index is -1.02. The fraction of sp³-hybridized carbons (Fsp3) is 0.714. The summed E-state index contributed by atoms with van der Waals surface area (Å²) < 4.78 is 0. The molecule has 0 saturated heterocycles. The second kappa shape index (κ2) is 8.58. The van der Waals surface area contributed by atoms with Crippen molar-refractivity contribution in [2.45, 2.75) is 31.7 Å². The fourth-order valence-corrected chi connectivity index (χ4v) is 2.52. The first-order valence-electron chi connectivity index (χ1n) is 7.10. The van der Waals surface area contributed by atoms with Crippen LogP contribution in [0.25, 0.3) is 0 Å². The highest BCUT2D eigenvalue weighted by Crippen LogP contribution is 2.21. The zero-order chi connectivity index (χ0) is 15.0. The number of hydrogen-bond donors (Lipinski definition) is 2. The van der Waals surface area contributed by atoms with Gasteiger partial charge in [-0.05, 0) is 19.9 Å². The number of carbonyl (C=O) groups is 2. The zero-order valence-electron chi connectivity index (χ0n) is 12.2. The minimum Gasteiger partial charge on any atom is -0.480 e. The zero-order valence-corrected chi connectivity index (χ0v) is 12.2. The van der Waals surface area contributed by atoms with Gasteiger partial charge in [-0.3, -0.25) is 4.79 Å². The highest BCUT2D eigenvalue weighted by Gasteiger charge is 2.19. The van der Waals surface area contributed by atoms with E-state index in [0.29, 0.717) is 12.6 Å². The van der Waals surface area contributed by atoms with E-state index in [1.165, 1.54) is 36.7 Å². The highest BCUT2D eigenvalue weighted by atomic mass is 16.4. The van der Waals surface area contributed by atoms with Crippen molar-refractivity contribution in [3.05, 3.63) is 12.7 Å². The van der Waals surface area contributed by atoms with E-state index in [2.05, 4.69) is 23.8 Å². The van der Waals surface area contributed by atoms with Gasteiger partial charge in [0.25, 0.3) is 0 Å². The molecule has 1 rings (SSSR count). The van der Waals surface area contributed by atoms with Gasteiger partial charge in [0, 0.05) is 25.7 Å². The third-order valence-electron chi connectivity index (χ3n) is 3.65. The summed E-state index contributed by atoms with van der Waals surface area (Å²) in [5.74, 6) is -1.02. The molecular formula is C14H25N3O3. The lowest BCUT2D eigenvalue weighted by Gasteiger charge is -2.25. The number of carboxylic acids is 1. The van der Waals surface area contributed by atoms with Gasteiger partial charge in [-0.2, -0.15) is 0 Å². The largest absolute Gasteiger partial charge is 0.480 e. The van der Waals surface area contributed by atoms with E-state index in [-0.39, 0.29) is 19.1 Å². The summed E-state index contributed by atoms with van der Waals surface area (Å²) in [6.07, 6.45) is 6.55. The summed E-state index contributed by atoms with van der Waals surface area (Å²) in [5, 5.41) is 11.5. The van der Waals surface area contributed by atoms with Gasteiger partial charge in [-0.15, -0.1) is 6.58 Å². The van der Waals surface area contributed by atoms with E-state index in [0.717, 1.165) is 6.54 Å². The molecule has 1 saturated carbocycles. The molecule has 0 unspecified atom stereocenters. The summed E-state index contributed by atoms with van der Waals surface area (Å²) >= 11 is 0. The molecule has 6 nitrogen and oxygen atoms in total. The summed E-state index contributed by atoms with van der Waals surface area (Å²) in [4.78, 5) is 26.0. The number of nitrogens with one attached hydrogen (secondary N) is 1. The molecule has 20 heavy (non-hydrogen) atoms. The van der Waals surface area contributed by atoms with Gasteiger partial charge >= 0.3 is 12.0 Å². The van der Waals surface area contributed by atoms with Crippen molar-refractivity contribution < 1.29 is 14.7 Å². The molecule has 2 amide bonds. The van der Waals surface area contributed by atoms with Gasteiger partial charge in [0.2, 0.25) is 0 Å². The molecule has 0 aromatic carbocycles. The van der Waals surface area contributed by atoms with Crippen LogP contribution in [-0.4, -0.2) is 66.2 Å². The average Bonchev–Trinajstić information content (AvgIpc) is 2.91. The number of aliphatic carboxylic acids is 1. The first-order chi connectivity index (χ1) is 9.54. The molecule has 0 spiro atoms. The second-order valence-corrected chi connectivity index (χ2v) is 5.21. The molecule has 6 heteroatoms. The van der Waals surface area contributed by atoms with Gasteiger partial charge in [0.1, 0.15) is 6.54 Å². The molecule has 1 aliphatic carbocycles. The Morgan fingerprint density at radius 3 is 2.60 bits per heavy atom. The standard InChI is InChI=1S/C14H25N3O3/c1-3-9-17(11-13(18)19)14(20)15-8-10-16(2)12-6-4-5-7-12/h3,12H,1,4-11H2,2H3,(H,15,20)(H,18,19). The van der Waals surface area contributed by atoms with Crippen molar-refractivity contribution in [3.8, 4) is 0 Å². The quantitative estimate of drug-likeness (QED) is 0.655. The van der Waals surface area contributed by atoms with Crippen LogP contribution in [-0.2, 0) is 4.79 Å². The topological polar surface area (TPSA) is 72.9 Å². The number of urea groups is 1. The first kappa shape index (κ1) is 16.5. The Labute approximate surface area is 120 Å². The predicted molar refractivity (Wildman–Crippen MR) is 77.7 cm³/mol. The van der Waals surface area contributed by atoms with Crippen LogP contribution in [0.5, 0.6) is 0 Å². The number of rotatable bonds is 8. The van der Waals surface area contributed by atoms with Crippen molar-refractivity contribution in [1.82, 2.24) is 15.1 Å². The normalized spacial score (nSPS) is 15.3. The van der Waals surface area contributed by atoms with Crippen molar-refractivity contribution >= 4 is 12.0 Å². The monoisotopic (exact) mass is 283 g/mol. The molecule has 1 fully saturated rings. The van der Waals surface area contributed by atoms with Crippen molar-refractivity contribution in [3.63, 3.8) is 0 Å². The van der Waals surface area contributed by atoms with Crippen LogP contribution < -0.4 is 5.32 Å². The summed E-state index contributed by atoms with van der Waals surface area (Å²) in [6, 6.07) is 0.266. The Morgan fingerprint density at radius 1 is 1.40 bits per heavy atom. The number of amides is 2. The molecule has 0 aromatic heterocycles. The minimum absolute atomic E-state index is 0.233. The molecule has 0 aromatic rings. The van der Waals surface area contributed by atoms with E-state index in [1.807, 2.05) is 0 Å². The van der Waals surface area contributed by atoms with Crippen LogP contribution in [0, 0.1) is 0 Å². The van der Waals surface area contributed by atoms with Crippen LogP contribution in [0.4, 0.5) is 4.79 Å². The van der Waals surface area contributed by atoms with Crippen LogP contribution in [0.1, 0.15) is 25.7 Å². The van der Waals surface area contributed by atoms with Crippen LogP contribution in [0.15, 0.2) is 12.7 Å². The first-order valence-corrected chi connectivity index (χ1v) is 7.10. The maximum absolute atomic E-state index is 11.9. The Kier molecular flexibility index (Phi) is 7.08. The lowest BCUT2D eigenvalue weighted by Crippen LogP contribution is -2.45. The number of likely N-dealkylation sites (N-methyl/N-ethyl adjacent to an activating group) is 1. The van der Waals surface area contributed by atoms with E-state index < -0.39 is 5.97 Å².